The van der Waals surface area contributed by atoms with Crippen LogP contribution in [0.15, 0.2) is 24.3 Å². The first-order valence-electron chi connectivity index (χ1n) is 7.20. The van der Waals surface area contributed by atoms with Gasteiger partial charge >= 0.3 is 0 Å². The second-order valence-corrected chi connectivity index (χ2v) is 7.37. The molecular weight excluding hydrogens is 288 g/mol. The van der Waals surface area contributed by atoms with Gasteiger partial charge in [0, 0.05) is 19.6 Å². The maximum atomic E-state index is 11.9. The molecular formula is C15H26N2O3S. The van der Waals surface area contributed by atoms with E-state index in [4.69, 9.17) is 4.74 Å². The van der Waals surface area contributed by atoms with Crippen LogP contribution in [-0.4, -0.2) is 39.0 Å². The molecule has 0 aliphatic heterocycles. The zero-order valence-electron chi connectivity index (χ0n) is 13.5. The molecule has 0 unspecified atom stereocenters. The van der Waals surface area contributed by atoms with E-state index in [1.807, 2.05) is 38.1 Å². The fourth-order valence-electron chi connectivity index (χ4n) is 1.80. The molecule has 0 spiro atoms. The molecule has 0 saturated carbocycles. The summed E-state index contributed by atoms with van der Waals surface area (Å²) in [6.07, 6.45) is 0. The number of rotatable bonds is 8. The predicted octanol–water partition coefficient (Wildman–Crippen LogP) is 2.36. The van der Waals surface area contributed by atoms with Crippen LogP contribution in [0.25, 0.3) is 0 Å². The number of nitrogens with one attached hydrogen (secondary N) is 1. The van der Waals surface area contributed by atoms with Crippen LogP contribution in [0, 0.1) is 0 Å². The minimum Gasteiger partial charge on any atom is -0.492 e. The van der Waals surface area contributed by atoms with Gasteiger partial charge in [-0.05, 0) is 31.4 Å². The van der Waals surface area contributed by atoms with E-state index in [1.165, 1.54) is 4.31 Å². The van der Waals surface area contributed by atoms with Gasteiger partial charge in [0.1, 0.15) is 12.4 Å². The zero-order chi connectivity index (χ0) is 16.0. The molecule has 1 N–H and O–H groups in total. The summed E-state index contributed by atoms with van der Waals surface area (Å²) in [4.78, 5) is 0. The normalized spacial score (nSPS) is 12.4. The highest BCUT2D eigenvalue weighted by Crippen LogP contribution is 2.25. The van der Waals surface area contributed by atoms with Gasteiger partial charge in [-0.15, -0.1) is 0 Å². The highest BCUT2D eigenvalue weighted by molar-refractivity contribution is 7.87. The molecule has 1 aromatic rings. The Hall–Kier alpha value is -1.11. The van der Waals surface area contributed by atoms with Gasteiger partial charge in [-0.25, -0.2) is 0 Å². The molecule has 0 radical (unpaired) electrons. The Kier molecular flexibility index (Phi) is 6.64. The van der Waals surface area contributed by atoms with Gasteiger partial charge in [-0.2, -0.15) is 17.4 Å². The van der Waals surface area contributed by atoms with Gasteiger partial charge in [0.25, 0.3) is 10.2 Å². The molecule has 6 heteroatoms. The van der Waals surface area contributed by atoms with Crippen molar-refractivity contribution in [1.82, 2.24) is 9.03 Å². The van der Waals surface area contributed by atoms with Crippen molar-refractivity contribution in [1.29, 1.82) is 0 Å². The minimum absolute atomic E-state index is 0.0786. The van der Waals surface area contributed by atoms with Gasteiger partial charge in [0.05, 0.1) is 0 Å². The van der Waals surface area contributed by atoms with Crippen molar-refractivity contribution in [3.05, 3.63) is 29.8 Å². The third-order valence-electron chi connectivity index (χ3n) is 3.29. The van der Waals surface area contributed by atoms with Crippen molar-refractivity contribution in [2.45, 2.75) is 39.7 Å². The fourth-order valence-corrected chi connectivity index (χ4v) is 2.90. The van der Waals surface area contributed by atoms with Crippen molar-refractivity contribution in [3.63, 3.8) is 0 Å². The van der Waals surface area contributed by atoms with E-state index in [9.17, 15) is 8.42 Å². The molecule has 0 atom stereocenters. The van der Waals surface area contributed by atoms with Crippen LogP contribution in [0.1, 0.15) is 39.2 Å². The Morgan fingerprint density at radius 1 is 1.19 bits per heavy atom. The molecule has 21 heavy (non-hydrogen) atoms. The third kappa shape index (κ3) is 5.30. The van der Waals surface area contributed by atoms with Crippen molar-refractivity contribution in [2.75, 3.05) is 20.2 Å². The van der Waals surface area contributed by atoms with Gasteiger partial charge < -0.3 is 4.74 Å². The Morgan fingerprint density at radius 2 is 1.81 bits per heavy atom. The molecule has 0 amide bonds. The van der Waals surface area contributed by atoms with Crippen molar-refractivity contribution in [3.8, 4) is 5.75 Å². The van der Waals surface area contributed by atoms with Crippen LogP contribution in [0.4, 0.5) is 0 Å². The van der Waals surface area contributed by atoms with Crippen LogP contribution in [-0.2, 0) is 10.2 Å². The van der Waals surface area contributed by atoms with Gasteiger partial charge in [-0.1, -0.05) is 32.0 Å². The fraction of sp³-hybridized carbons (Fsp3) is 0.600. The molecule has 1 rings (SSSR count). The summed E-state index contributed by atoms with van der Waals surface area (Å²) >= 11 is 0. The maximum absolute atomic E-state index is 11.9. The number of benzene rings is 1. The van der Waals surface area contributed by atoms with Crippen LogP contribution >= 0.6 is 0 Å². The second kappa shape index (κ2) is 7.77. The van der Waals surface area contributed by atoms with Crippen LogP contribution in [0.3, 0.4) is 0 Å². The molecule has 0 heterocycles. The summed E-state index contributed by atoms with van der Waals surface area (Å²) in [6.45, 7) is 8.40. The van der Waals surface area contributed by atoms with Crippen LogP contribution in [0.2, 0.25) is 0 Å². The zero-order valence-corrected chi connectivity index (χ0v) is 14.3. The monoisotopic (exact) mass is 314 g/mol. The lowest BCUT2D eigenvalue weighted by Crippen LogP contribution is -2.43. The first kappa shape index (κ1) is 17.9. The van der Waals surface area contributed by atoms with E-state index in [1.54, 1.807) is 7.05 Å². The Morgan fingerprint density at radius 3 is 2.38 bits per heavy atom. The van der Waals surface area contributed by atoms with E-state index in [-0.39, 0.29) is 12.6 Å². The predicted molar refractivity (Wildman–Crippen MR) is 85.8 cm³/mol. The van der Waals surface area contributed by atoms with Gasteiger partial charge in [-0.3, -0.25) is 0 Å². The minimum atomic E-state index is -3.44. The Labute approximate surface area is 128 Å². The summed E-state index contributed by atoms with van der Waals surface area (Å²) in [5.74, 6) is 1.17. The maximum Gasteiger partial charge on any atom is 0.279 e. The summed E-state index contributed by atoms with van der Waals surface area (Å²) in [6, 6.07) is 7.74. The highest BCUT2D eigenvalue weighted by atomic mass is 32.2. The van der Waals surface area contributed by atoms with E-state index >= 15 is 0 Å². The van der Waals surface area contributed by atoms with Crippen LogP contribution in [0.5, 0.6) is 5.75 Å². The first-order chi connectivity index (χ1) is 9.75. The summed E-state index contributed by atoms with van der Waals surface area (Å²) in [5.41, 5.74) is 1.12. The molecule has 120 valence electrons. The largest absolute Gasteiger partial charge is 0.492 e. The molecule has 1 aromatic carbocycles. The standard InChI is InChI=1S/C15H26N2O3S/c1-12(2)14-8-6-7-9-15(14)20-11-10-16-21(18,19)17(5)13(3)4/h6-9,12-13,16H,10-11H2,1-5H3. The topological polar surface area (TPSA) is 58.6 Å². The average Bonchev–Trinajstić information content (AvgIpc) is 2.42. The molecule has 5 nitrogen and oxygen atoms in total. The molecule has 0 fully saturated rings. The smallest absolute Gasteiger partial charge is 0.279 e. The van der Waals surface area contributed by atoms with Crippen LogP contribution < -0.4 is 9.46 Å². The number of hydrogen-bond acceptors (Lipinski definition) is 3. The lowest BCUT2D eigenvalue weighted by atomic mass is 10.0. The lowest BCUT2D eigenvalue weighted by Gasteiger charge is -2.21. The third-order valence-corrected chi connectivity index (χ3v) is 5.04. The molecule has 0 aromatic heterocycles. The van der Waals surface area contributed by atoms with E-state index in [0.29, 0.717) is 12.5 Å². The molecule has 0 saturated heterocycles. The Balaban J connectivity index is 2.52. The quantitative estimate of drug-likeness (QED) is 0.749. The second-order valence-electron chi connectivity index (χ2n) is 5.55. The Bertz CT molecular complexity index is 542. The van der Waals surface area contributed by atoms with Crippen molar-refractivity contribution < 1.29 is 13.2 Å². The summed E-state index contributed by atoms with van der Waals surface area (Å²) in [7, 11) is -1.88. The molecule has 0 aliphatic rings. The van der Waals surface area contributed by atoms with Gasteiger partial charge in [0.2, 0.25) is 0 Å². The lowest BCUT2D eigenvalue weighted by molar-refractivity contribution is 0.315. The summed E-state index contributed by atoms with van der Waals surface area (Å²) in [5, 5.41) is 0. The SMILES string of the molecule is CC(C)c1ccccc1OCCNS(=O)(=O)N(C)C(C)C. The number of hydrogen-bond donors (Lipinski definition) is 1. The van der Waals surface area contributed by atoms with Gasteiger partial charge in [0.15, 0.2) is 0 Å². The summed E-state index contributed by atoms with van der Waals surface area (Å²) < 4.78 is 33.4. The number of ether oxygens (including phenoxy) is 1. The van der Waals surface area contributed by atoms with E-state index in [2.05, 4.69) is 18.6 Å². The molecule has 0 bridgehead atoms. The van der Waals surface area contributed by atoms with Crippen molar-refractivity contribution in [2.24, 2.45) is 0 Å². The molecule has 0 aliphatic carbocycles. The number of nitrogens with zero attached hydrogens (tertiary/aromatic N) is 1. The average molecular weight is 314 g/mol. The number of para-hydroxylation sites is 1. The van der Waals surface area contributed by atoms with E-state index < -0.39 is 10.2 Å². The highest BCUT2D eigenvalue weighted by Gasteiger charge is 2.19. The first-order valence-corrected chi connectivity index (χ1v) is 8.64. The van der Waals surface area contributed by atoms with E-state index in [0.717, 1.165) is 11.3 Å². The van der Waals surface area contributed by atoms with Crippen molar-refractivity contribution >= 4 is 10.2 Å².